The van der Waals surface area contributed by atoms with E-state index in [1.54, 1.807) is 24.3 Å². The van der Waals surface area contributed by atoms with E-state index in [1.165, 1.54) is 13.3 Å². The van der Waals surface area contributed by atoms with E-state index in [-0.39, 0.29) is 0 Å². The lowest BCUT2D eigenvalue weighted by Crippen LogP contribution is -2.39. The van der Waals surface area contributed by atoms with Crippen LogP contribution in [0.25, 0.3) is 0 Å². The molecule has 1 N–H and O–H groups in total. The quantitative estimate of drug-likeness (QED) is 0.460. The minimum atomic E-state index is -3.67. The number of benzene rings is 2. The molecule has 0 fully saturated rings. The van der Waals surface area contributed by atoms with Crippen LogP contribution in [0.3, 0.4) is 0 Å². The predicted octanol–water partition coefficient (Wildman–Crippen LogP) is 2.46. The van der Waals surface area contributed by atoms with Crippen LogP contribution in [-0.4, -0.2) is 53.5 Å². The number of sulfonamides is 1. The van der Waals surface area contributed by atoms with E-state index in [1.807, 2.05) is 24.3 Å². The van der Waals surface area contributed by atoms with Gasteiger partial charge in [0, 0.05) is 24.8 Å². The SMILES string of the molecule is CCN(CC)c1ccc(/C=N\NC(=O)CN(c2cccc(OC)c2)S(C)(=O)=O)cc1. The lowest BCUT2D eigenvalue weighted by atomic mass is 10.2. The molecule has 0 bridgehead atoms. The lowest BCUT2D eigenvalue weighted by molar-refractivity contribution is -0.119. The van der Waals surface area contributed by atoms with Gasteiger partial charge in [0.2, 0.25) is 10.0 Å². The molecule has 0 spiro atoms. The minimum Gasteiger partial charge on any atom is -0.497 e. The first-order chi connectivity index (χ1) is 14.3. The van der Waals surface area contributed by atoms with Crippen molar-refractivity contribution in [3.8, 4) is 5.75 Å². The molecule has 0 aliphatic rings. The van der Waals surface area contributed by atoms with Crippen molar-refractivity contribution in [1.82, 2.24) is 5.43 Å². The topological polar surface area (TPSA) is 91.3 Å². The normalized spacial score (nSPS) is 11.3. The summed E-state index contributed by atoms with van der Waals surface area (Å²) in [5.41, 5.74) is 4.64. The molecule has 162 valence electrons. The number of hydrogen-bond acceptors (Lipinski definition) is 6. The number of amides is 1. The molecule has 0 aliphatic carbocycles. The number of ether oxygens (including phenoxy) is 1. The summed E-state index contributed by atoms with van der Waals surface area (Å²) in [7, 11) is -2.19. The number of anilines is 2. The van der Waals surface area contributed by atoms with E-state index >= 15 is 0 Å². The first-order valence-corrected chi connectivity index (χ1v) is 11.4. The van der Waals surface area contributed by atoms with Crippen molar-refractivity contribution in [2.24, 2.45) is 5.10 Å². The Balaban J connectivity index is 2.03. The Morgan fingerprint density at radius 2 is 1.77 bits per heavy atom. The van der Waals surface area contributed by atoms with E-state index in [9.17, 15) is 13.2 Å². The van der Waals surface area contributed by atoms with Gasteiger partial charge in [0.25, 0.3) is 5.91 Å². The first kappa shape index (κ1) is 23.2. The number of hydrogen-bond donors (Lipinski definition) is 1. The molecule has 0 radical (unpaired) electrons. The maximum atomic E-state index is 12.3. The third-order valence-corrected chi connectivity index (χ3v) is 5.59. The Hall–Kier alpha value is -3.07. The average Bonchev–Trinajstić information content (AvgIpc) is 2.73. The number of rotatable bonds is 10. The number of carbonyl (C=O) groups excluding carboxylic acids is 1. The maximum absolute atomic E-state index is 12.3. The lowest BCUT2D eigenvalue weighted by Gasteiger charge is -2.21. The molecule has 30 heavy (non-hydrogen) atoms. The van der Waals surface area contributed by atoms with Crippen LogP contribution in [0.15, 0.2) is 53.6 Å². The van der Waals surface area contributed by atoms with Crippen molar-refractivity contribution in [2.75, 3.05) is 42.2 Å². The zero-order valence-electron chi connectivity index (χ0n) is 17.7. The van der Waals surface area contributed by atoms with Gasteiger partial charge in [0.15, 0.2) is 0 Å². The summed E-state index contributed by atoms with van der Waals surface area (Å²) in [6.45, 7) is 5.64. The summed E-state index contributed by atoms with van der Waals surface area (Å²) in [4.78, 5) is 14.5. The van der Waals surface area contributed by atoms with Gasteiger partial charge in [-0.05, 0) is 43.7 Å². The van der Waals surface area contributed by atoms with Crippen LogP contribution in [0.1, 0.15) is 19.4 Å². The second-order valence-corrected chi connectivity index (χ2v) is 8.43. The molecule has 2 aromatic rings. The molecular weight excluding hydrogens is 404 g/mol. The maximum Gasteiger partial charge on any atom is 0.260 e. The third kappa shape index (κ3) is 6.48. The second-order valence-electron chi connectivity index (χ2n) is 6.53. The summed E-state index contributed by atoms with van der Waals surface area (Å²) in [6.07, 6.45) is 2.56. The third-order valence-electron chi connectivity index (χ3n) is 4.45. The molecule has 0 aromatic heterocycles. The molecule has 9 heteroatoms. The smallest absolute Gasteiger partial charge is 0.260 e. The molecule has 0 saturated heterocycles. The van der Waals surface area contributed by atoms with Gasteiger partial charge in [-0.2, -0.15) is 5.10 Å². The Kier molecular flexibility index (Phi) is 8.23. The fourth-order valence-electron chi connectivity index (χ4n) is 2.87. The number of carbonyl (C=O) groups is 1. The molecule has 0 aliphatic heterocycles. The molecule has 0 atom stereocenters. The standard InChI is InChI=1S/C21H28N4O4S/c1-5-24(6-2)18-12-10-17(11-13-18)15-22-23-21(26)16-25(30(4,27)28)19-8-7-9-20(14-19)29-3/h7-15H,5-6,16H2,1-4H3,(H,23,26)/b22-15-. The highest BCUT2D eigenvalue weighted by atomic mass is 32.2. The number of nitrogens with zero attached hydrogens (tertiary/aromatic N) is 3. The van der Waals surface area contributed by atoms with Crippen molar-refractivity contribution in [2.45, 2.75) is 13.8 Å². The van der Waals surface area contributed by atoms with Crippen molar-refractivity contribution >= 4 is 33.5 Å². The molecule has 8 nitrogen and oxygen atoms in total. The molecule has 0 heterocycles. The predicted molar refractivity (Wildman–Crippen MR) is 121 cm³/mol. The zero-order chi connectivity index (χ0) is 22.1. The van der Waals surface area contributed by atoms with Gasteiger partial charge in [0.1, 0.15) is 12.3 Å². The fraction of sp³-hybridized carbons (Fsp3) is 0.333. The van der Waals surface area contributed by atoms with Gasteiger partial charge in [-0.3, -0.25) is 9.10 Å². The van der Waals surface area contributed by atoms with E-state index in [0.717, 1.165) is 34.9 Å². The van der Waals surface area contributed by atoms with Crippen LogP contribution in [0.5, 0.6) is 5.75 Å². The molecule has 0 unspecified atom stereocenters. The number of nitrogens with one attached hydrogen (secondary N) is 1. The highest BCUT2D eigenvalue weighted by Crippen LogP contribution is 2.22. The van der Waals surface area contributed by atoms with Crippen molar-refractivity contribution in [3.63, 3.8) is 0 Å². The average molecular weight is 433 g/mol. The Morgan fingerprint density at radius 1 is 1.10 bits per heavy atom. The Labute approximate surface area is 178 Å². The van der Waals surface area contributed by atoms with E-state index in [4.69, 9.17) is 4.74 Å². The highest BCUT2D eigenvalue weighted by molar-refractivity contribution is 7.92. The van der Waals surface area contributed by atoms with Crippen molar-refractivity contribution in [3.05, 3.63) is 54.1 Å². The fourth-order valence-corrected chi connectivity index (χ4v) is 3.72. The van der Waals surface area contributed by atoms with Crippen LogP contribution in [0.4, 0.5) is 11.4 Å². The summed E-state index contributed by atoms with van der Waals surface area (Å²) < 4.78 is 30.4. The van der Waals surface area contributed by atoms with Gasteiger partial charge in [-0.25, -0.2) is 13.8 Å². The Morgan fingerprint density at radius 3 is 2.33 bits per heavy atom. The molecule has 0 saturated carbocycles. The van der Waals surface area contributed by atoms with Crippen molar-refractivity contribution < 1.29 is 17.9 Å². The summed E-state index contributed by atoms with van der Waals surface area (Å²) in [5, 5.41) is 3.93. The van der Waals surface area contributed by atoms with Gasteiger partial charge in [-0.1, -0.05) is 18.2 Å². The van der Waals surface area contributed by atoms with Crippen LogP contribution >= 0.6 is 0 Å². The number of methoxy groups -OCH3 is 1. The Bertz CT molecular complexity index is 971. The molecule has 2 rings (SSSR count). The van der Waals surface area contributed by atoms with Crippen LogP contribution in [0.2, 0.25) is 0 Å². The van der Waals surface area contributed by atoms with Gasteiger partial charge < -0.3 is 9.64 Å². The summed E-state index contributed by atoms with van der Waals surface area (Å²) in [5.74, 6) is -0.0630. The van der Waals surface area contributed by atoms with Crippen molar-refractivity contribution in [1.29, 1.82) is 0 Å². The van der Waals surface area contributed by atoms with E-state index < -0.39 is 22.5 Å². The van der Waals surface area contributed by atoms with Gasteiger partial charge in [-0.15, -0.1) is 0 Å². The van der Waals surface area contributed by atoms with Gasteiger partial charge in [0.05, 0.1) is 25.3 Å². The van der Waals surface area contributed by atoms with Crippen LogP contribution < -0.4 is 19.4 Å². The monoisotopic (exact) mass is 432 g/mol. The van der Waals surface area contributed by atoms with E-state index in [2.05, 4.69) is 29.3 Å². The zero-order valence-corrected chi connectivity index (χ0v) is 18.5. The van der Waals surface area contributed by atoms with Crippen LogP contribution in [0, 0.1) is 0 Å². The minimum absolute atomic E-state index is 0.336. The second kappa shape index (κ2) is 10.6. The largest absolute Gasteiger partial charge is 0.497 e. The molecular formula is C21H28N4O4S. The number of hydrazone groups is 1. The highest BCUT2D eigenvalue weighted by Gasteiger charge is 2.21. The molecule has 2 aromatic carbocycles. The van der Waals surface area contributed by atoms with Crippen LogP contribution in [-0.2, 0) is 14.8 Å². The van der Waals surface area contributed by atoms with E-state index in [0.29, 0.717) is 11.4 Å². The summed E-state index contributed by atoms with van der Waals surface area (Å²) in [6, 6.07) is 14.3. The first-order valence-electron chi connectivity index (χ1n) is 9.57. The van der Waals surface area contributed by atoms with Gasteiger partial charge >= 0.3 is 0 Å². The molecule has 1 amide bonds. The summed E-state index contributed by atoms with van der Waals surface area (Å²) >= 11 is 0.